The lowest BCUT2D eigenvalue weighted by molar-refractivity contribution is 0.171. The normalized spacial score (nSPS) is 13.6. The summed E-state index contributed by atoms with van der Waals surface area (Å²) in [4.78, 5) is 4.46. The molecule has 100 valence electrons. The van der Waals surface area contributed by atoms with E-state index < -0.39 is 0 Å². The van der Waals surface area contributed by atoms with Gasteiger partial charge in [-0.05, 0) is 25.1 Å². The summed E-state index contributed by atoms with van der Waals surface area (Å²) in [5, 5.41) is 9.27. The molecule has 0 atom stereocenters. The highest BCUT2D eigenvalue weighted by atomic mass is 16.6. The fourth-order valence-corrected chi connectivity index (χ4v) is 2.23. The standard InChI is InChI=1S/C14H16N2O3/c1-9-11(8-17)15-14(16(9)2)10-3-4-12-13(7-10)19-6-5-18-12/h3-4,7,17H,5-6,8H2,1-2H3. The smallest absolute Gasteiger partial charge is 0.162 e. The van der Waals surface area contributed by atoms with Gasteiger partial charge in [0.05, 0.1) is 12.3 Å². The van der Waals surface area contributed by atoms with Crippen LogP contribution >= 0.6 is 0 Å². The Kier molecular flexibility index (Phi) is 2.91. The molecule has 0 amide bonds. The van der Waals surface area contributed by atoms with E-state index in [1.807, 2.05) is 36.7 Å². The highest BCUT2D eigenvalue weighted by Gasteiger charge is 2.16. The Morgan fingerprint density at radius 2 is 2.00 bits per heavy atom. The molecule has 1 aromatic heterocycles. The van der Waals surface area contributed by atoms with Gasteiger partial charge in [0.2, 0.25) is 0 Å². The Morgan fingerprint density at radius 3 is 2.68 bits per heavy atom. The number of benzene rings is 1. The third-order valence-corrected chi connectivity index (χ3v) is 3.43. The first-order valence-electron chi connectivity index (χ1n) is 6.24. The van der Waals surface area contributed by atoms with E-state index in [2.05, 4.69) is 4.98 Å². The zero-order chi connectivity index (χ0) is 13.4. The van der Waals surface area contributed by atoms with E-state index in [1.165, 1.54) is 0 Å². The summed E-state index contributed by atoms with van der Waals surface area (Å²) in [5.74, 6) is 2.33. The van der Waals surface area contributed by atoms with Gasteiger partial charge in [-0.15, -0.1) is 0 Å². The lowest BCUT2D eigenvalue weighted by Gasteiger charge is -2.18. The van der Waals surface area contributed by atoms with Crippen molar-refractivity contribution in [2.24, 2.45) is 7.05 Å². The van der Waals surface area contributed by atoms with Crippen LogP contribution in [-0.4, -0.2) is 27.9 Å². The lowest BCUT2D eigenvalue weighted by atomic mass is 10.2. The fourth-order valence-electron chi connectivity index (χ4n) is 2.23. The fraction of sp³-hybridized carbons (Fsp3) is 0.357. The van der Waals surface area contributed by atoms with Gasteiger partial charge in [0, 0.05) is 18.3 Å². The van der Waals surface area contributed by atoms with Crippen molar-refractivity contribution in [3.05, 3.63) is 29.6 Å². The summed E-state index contributed by atoms with van der Waals surface area (Å²) in [6, 6.07) is 5.78. The molecule has 5 heteroatoms. The summed E-state index contributed by atoms with van der Waals surface area (Å²) in [7, 11) is 1.94. The second kappa shape index (κ2) is 4.59. The maximum atomic E-state index is 9.27. The van der Waals surface area contributed by atoms with Crippen LogP contribution in [0.25, 0.3) is 11.4 Å². The predicted molar refractivity (Wildman–Crippen MR) is 70.3 cm³/mol. The molecule has 1 aromatic carbocycles. The van der Waals surface area contributed by atoms with Crippen molar-refractivity contribution in [2.45, 2.75) is 13.5 Å². The maximum Gasteiger partial charge on any atom is 0.162 e. The number of rotatable bonds is 2. The maximum absolute atomic E-state index is 9.27. The van der Waals surface area contributed by atoms with Crippen molar-refractivity contribution in [3.8, 4) is 22.9 Å². The first-order valence-corrected chi connectivity index (χ1v) is 6.24. The Bertz CT molecular complexity index is 619. The minimum Gasteiger partial charge on any atom is -0.486 e. The summed E-state index contributed by atoms with van der Waals surface area (Å²) >= 11 is 0. The van der Waals surface area contributed by atoms with Crippen molar-refractivity contribution >= 4 is 0 Å². The second-order valence-electron chi connectivity index (χ2n) is 4.54. The van der Waals surface area contributed by atoms with Crippen molar-refractivity contribution in [1.29, 1.82) is 0 Å². The van der Waals surface area contributed by atoms with E-state index in [4.69, 9.17) is 9.47 Å². The number of hydrogen-bond acceptors (Lipinski definition) is 4. The molecule has 1 N–H and O–H groups in total. The Labute approximate surface area is 111 Å². The number of aliphatic hydroxyl groups excluding tert-OH is 1. The molecule has 1 aliphatic heterocycles. The molecule has 0 spiro atoms. The van der Waals surface area contributed by atoms with E-state index in [0.29, 0.717) is 18.9 Å². The number of hydrogen-bond donors (Lipinski definition) is 1. The molecule has 0 fully saturated rings. The number of ether oxygens (including phenoxy) is 2. The van der Waals surface area contributed by atoms with Gasteiger partial charge in [0.1, 0.15) is 19.0 Å². The molecule has 2 aromatic rings. The lowest BCUT2D eigenvalue weighted by Crippen LogP contribution is -2.15. The van der Waals surface area contributed by atoms with Crippen LogP contribution in [0.4, 0.5) is 0 Å². The average Bonchev–Trinajstić information content (AvgIpc) is 2.74. The van der Waals surface area contributed by atoms with Crippen molar-refractivity contribution in [3.63, 3.8) is 0 Å². The van der Waals surface area contributed by atoms with E-state index in [-0.39, 0.29) is 6.61 Å². The Hall–Kier alpha value is -2.01. The number of nitrogens with zero attached hydrogens (tertiary/aromatic N) is 2. The highest BCUT2D eigenvalue weighted by molar-refractivity contribution is 5.62. The van der Waals surface area contributed by atoms with Gasteiger partial charge in [-0.2, -0.15) is 0 Å². The van der Waals surface area contributed by atoms with Crippen molar-refractivity contribution in [1.82, 2.24) is 9.55 Å². The molecule has 2 heterocycles. The summed E-state index contributed by atoms with van der Waals surface area (Å²) in [6.45, 7) is 3.05. The van der Waals surface area contributed by atoms with Crippen LogP contribution in [0.5, 0.6) is 11.5 Å². The molecule has 3 rings (SSSR count). The molecule has 0 aliphatic carbocycles. The van der Waals surface area contributed by atoms with Crippen LogP contribution in [0.1, 0.15) is 11.4 Å². The second-order valence-corrected chi connectivity index (χ2v) is 4.54. The SMILES string of the molecule is Cc1c(CO)nc(-c2ccc3c(c2)OCCO3)n1C. The number of aromatic nitrogens is 2. The predicted octanol–water partition coefficient (Wildman–Crippen LogP) is 1.66. The van der Waals surface area contributed by atoms with E-state index in [0.717, 1.165) is 28.6 Å². The zero-order valence-electron chi connectivity index (χ0n) is 11.0. The van der Waals surface area contributed by atoms with Gasteiger partial charge < -0.3 is 19.1 Å². The summed E-state index contributed by atoms with van der Waals surface area (Å²) in [6.07, 6.45) is 0. The first-order chi connectivity index (χ1) is 9.20. The van der Waals surface area contributed by atoms with Gasteiger partial charge in [0.15, 0.2) is 11.5 Å². The third kappa shape index (κ3) is 1.96. The molecule has 1 aliphatic rings. The minimum atomic E-state index is -0.0514. The van der Waals surface area contributed by atoms with E-state index in [1.54, 1.807) is 0 Å². The van der Waals surface area contributed by atoms with Crippen LogP contribution in [0.2, 0.25) is 0 Å². The van der Waals surface area contributed by atoms with Crippen molar-refractivity contribution in [2.75, 3.05) is 13.2 Å². The van der Waals surface area contributed by atoms with Gasteiger partial charge in [-0.1, -0.05) is 0 Å². The number of imidazole rings is 1. The zero-order valence-corrected chi connectivity index (χ0v) is 11.0. The quantitative estimate of drug-likeness (QED) is 0.892. The van der Waals surface area contributed by atoms with Crippen LogP contribution < -0.4 is 9.47 Å². The van der Waals surface area contributed by atoms with Crippen LogP contribution in [0.3, 0.4) is 0 Å². The summed E-state index contributed by atoms with van der Waals surface area (Å²) < 4.78 is 13.0. The third-order valence-electron chi connectivity index (χ3n) is 3.43. The highest BCUT2D eigenvalue weighted by Crippen LogP contribution is 2.34. The van der Waals surface area contributed by atoms with Gasteiger partial charge in [-0.25, -0.2) is 4.98 Å². The Balaban J connectivity index is 2.07. The molecular formula is C14H16N2O3. The first kappa shape index (κ1) is 12.0. The van der Waals surface area contributed by atoms with E-state index in [9.17, 15) is 5.11 Å². The largest absolute Gasteiger partial charge is 0.486 e. The molecule has 0 saturated heterocycles. The number of fused-ring (bicyclic) bond motifs is 1. The molecule has 0 unspecified atom stereocenters. The van der Waals surface area contributed by atoms with Crippen molar-refractivity contribution < 1.29 is 14.6 Å². The Morgan fingerprint density at radius 1 is 1.26 bits per heavy atom. The minimum absolute atomic E-state index is 0.0514. The van der Waals surface area contributed by atoms with Gasteiger partial charge in [-0.3, -0.25) is 0 Å². The molecule has 0 radical (unpaired) electrons. The molecule has 19 heavy (non-hydrogen) atoms. The molecule has 5 nitrogen and oxygen atoms in total. The summed E-state index contributed by atoms with van der Waals surface area (Å²) in [5.41, 5.74) is 2.62. The van der Waals surface area contributed by atoms with Crippen LogP contribution in [-0.2, 0) is 13.7 Å². The van der Waals surface area contributed by atoms with E-state index >= 15 is 0 Å². The monoisotopic (exact) mass is 260 g/mol. The average molecular weight is 260 g/mol. The van der Waals surface area contributed by atoms with Crippen LogP contribution in [0, 0.1) is 6.92 Å². The van der Waals surface area contributed by atoms with Gasteiger partial charge >= 0.3 is 0 Å². The number of aliphatic hydroxyl groups is 1. The molecule has 0 bridgehead atoms. The molecule has 0 saturated carbocycles. The topological polar surface area (TPSA) is 56.5 Å². The van der Waals surface area contributed by atoms with Crippen LogP contribution in [0.15, 0.2) is 18.2 Å². The molecular weight excluding hydrogens is 244 g/mol. The van der Waals surface area contributed by atoms with Gasteiger partial charge in [0.25, 0.3) is 0 Å².